The number of ether oxygens (including phenoxy) is 1. The van der Waals surface area contributed by atoms with Gasteiger partial charge in [-0.15, -0.1) is 24.5 Å². The highest BCUT2D eigenvalue weighted by atomic mass is 32.1. The van der Waals surface area contributed by atoms with E-state index in [1.807, 2.05) is 10.6 Å². The van der Waals surface area contributed by atoms with Crippen LogP contribution in [0.1, 0.15) is 22.9 Å². The number of benzene rings is 1. The van der Waals surface area contributed by atoms with Gasteiger partial charge in [0.15, 0.2) is 0 Å². The molecular formula is C23H21F3N2O2S. The number of alkyl halides is 3. The fourth-order valence-electron chi connectivity index (χ4n) is 4.85. The van der Waals surface area contributed by atoms with E-state index in [2.05, 4.69) is 27.1 Å². The topological polar surface area (TPSA) is 34.5 Å². The van der Waals surface area contributed by atoms with Gasteiger partial charge in [-0.1, -0.05) is 18.2 Å². The van der Waals surface area contributed by atoms with E-state index in [9.17, 15) is 18.0 Å². The van der Waals surface area contributed by atoms with Gasteiger partial charge >= 0.3 is 6.36 Å². The summed E-state index contributed by atoms with van der Waals surface area (Å²) in [6.07, 6.45) is -3.65. The van der Waals surface area contributed by atoms with E-state index in [0.29, 0.717) is 29.5 Å². The van der Waals surface area contributed by atoms with E-state index in [0.717, 1.165) is 31.7 Å². The molecule has 2 aromatic heterocycles. The molecule has 3 aromatic rings. The van der Waals surface area contributed by atoms with E-state index in [4.69, 9.17) is 0 Å². The molecule has 4 heterocycles. The minimum absolute atomic E-state index is 0.0802. The summed E-state index contributed by atoms with van der Waals surface area (Å²) >= 11 is 1.77. The molecule has 2 atom stereocenters. The van der Waals surface area contributed by atoms with Gasteiger partial charge in [0.1, 0.15) is 5.75 Å². The number of thiophene rings is 1. The number of likely N-dealkylation sites (tertiary alicyclic amines) is 1. The minimum atomic E-state index is -4.73. The van der Waals surface area contributed by atoms with Crippen molar-refractivity contribution >= 4 is 11.3 Å². The molecule has 4 nitrogen and oxygen atoms in total. The smallest absolute Gasteiger partial charge is 0.406 e. The Morgan fingerprint density at radius 3 is 2.55 bits per heavy atom. The van der Waals surface area contributed by atoms with Gasteiger partial charge in [0, 0.05) is 48.2 Å². The molecule has 1 aromatic carbocycles. The highest BCUT2D eigenvalue weighted by Gasteiger charge is 2.35. The van der Waals surface area contributed by atoms with Gasteiger partial charge < -0.3 is 9.30 Å². The van der Waals surface area contributed by atoms with Crippen molar-refractivity contribution in [1.29, 1.82) is 0 Å². The molecule has 0 saturated carbocycles. The van der Waals surface area contributed by atoms with E-state index >= 15 is 0 Å². The van der Waals surface area contributed by atoms with Crippen LogP contribution in [0.3, 0.4) is 0 Å². The predicted octanol–water partition coefficient (Wildman–Crippen LogP) is 5.09. The molecule has 2 bridgehead atoms. The van der Waals surface area contributed by atoms with Gasteiger partial charge in [-0.05, 0) is 53.6 Å². The van der Waals surface area contributed by atoms with Crippen molar-refractivity contribution in [2.24, 2.45) is 5.92 Å². The van der Waals surface area contributed by atoms with Gasteiger partial charge in [-0.25, -0.2) is 0 Å². The average Bonchev–Trinajstić information content (AvgIpc) is 3.21. The van der Waals surface area contributed by atoms with Crippen molar-refractivity contribution in [1.82, 2.24) is 9.47 Å². The number of nitrogens with zero attached hydrogens (tertiary/aromatic N) is 2. The molecule has 8 heteroatoms. The van der Waals surface area contributed by atoms with Gasteiger partial charge in [0.25, 0.3) is 5.56 Å². The molecule has 0 unspecified atom stereocenters. The van der Waals surface area contributed by atoms with Crippen molar-refractivity contribution in [2.45, 2.75) is 31.8 Å². The van der Waals surface area contributed by atoms with Crippen LogP contribution in [0.15, 0.2) is 58.7 Å². The molecule has 0 radical (unpaired) electrons. The first-order valence-corrected chi connectivity index (χ1v) is 11.1. The average molecular weight is 446 g/mol. The molecule has 31 heavy (non-hydrogen) atoms. The van der Waals surface area contributed by atoms with Crippen LogP contribution in [0, 0.1) is 5.92 Å². The Hall–Kier alpha value is -2.58. The summed E-state index contributed by atoms with van der Waals surface area (Å²) in [5, 5.41) is 2.10. The number of fused-ring (bicyclic) bond motifs is 4. The lowest BCUT2D eigenvalue weighted by Gasteiger charge is -2.42. The van der Waals surface area contributed by atoms with E-state index in [1.54, 1.807) is 17.4 Å². The second kappa shape index (κ2) is 7.84. The second-order valence-corrected chi connectivity index (χ2v) is 9.26. The summed E-state index contributed by atoms with van der Waals surface area (Å²) in [6, 6.07) is 13.5. The third kappa shape index (κ3) is 4.27. The van der Waals surface area contributed by atoms with Crippen molar-refractivity contribution in [3.63, 3.8) is 0 Å². The molecule has 162 valence electrons. The highest BCUT2D eigenvalue weighted by molar-refractivity contribution is 7.09. The lowest BCUT2D eigenvalue weighted by atomic mass is 9.82. The third-order valence-corrected chi connectivity index (χ3v) is 6.90. The van der Waals surface area contributed by atoms with Crippen LogP contribution >= 0.6 is 11.3 Å². The summed E-state index contributed by atoms with van der Waals surface area (Å²) in [4.78, 5) is 17.1. The monoisotopic (exact) mass is 446 g/mol. The van der Waals surface area contributed by atoms with Gasteiger partial charge in [-0.3, -0.25) is 9.69 Å². The summed E-state index contributed by atoms with van der Waals surface area (Å²) in [5.41, 5.74) is 2.06. The summed E-state index contributed by atoms with van der Waals surface area (Å²) in [7, 11) is 0. The highest BCUT2D eigenvalue weighted by Crippen LogP contribution is 2.36. The van der Waals surface area contributed by atoms with Crippen LogP contribution in [-0.4, -0.2) is 28.9 Å². The maximum absolute atomic E-state index is 13.2. The molecule has 0 N–H and O–H groups in total. The number of halogens is 3. The quantitative estimate of drug-likeness (QED) is 0.560. The molecule has 2 aliphatic rings. The molecule has 2 aliphatic heterocycles. The van der Waals surface area contributed by atoms with Crippen LogP contribution in [0.5, 0.6) is 5.75 Å². The fraction of sp³-hybridized carbons (Fsp3) is 0.348. The molecule has 0 aliphatic carbocycles. The lowest BCUT2D eigenvalue weighted by molar-refractivity contribution is -0.274. The predicted molar refractivity (Wildman–Crippen MR) is 113 cm³/mol. The Balaban J connectivity index is 1.39. The van der Waals surface area contributed by atoms with Crippen LogP contribution < -0.4 is 10.3 Å². The van der Waals surface area contributed by atoms with Crippen molar-refractivity contribution in [3.05, 3.63) is 74.8 Å². The standard InChI is InChI=1S/C23H21F3N2O2S/c24-23(25,26)30-18-5-3-16(4-6-18)20-7-8-21-17-10-15(12-28(21)22(20)29)11-27(13-17)14-19-2-1-9-31-19/h1-9,15,17H,10-14H2/t15-,17+/m0/s1. The zero-order valence-corrected chi connectivity index (χ0v) is 17.5. The van der Waals surface area contributed by atoms with Crippen LogP contribution in [0.25, 0.3) is 11.1 Å². The van der Waals surface area contributed by atoms with Crippen LogP contribution in [0.2, 0.25) is 0 Å². The largest absolute Gasteiger partial charge is 0.573 e. The van der Waals surface area contributed by atoms with Crippen molar-refractivity contribution in [3.8, 4) is 16.9 Å². The Kier molecular flexibility index (Phi) is 5.14. The van der Waals surface area contributed by atoms with E-state index < -0.39 is 6.36 Å². The Labute approximate surface area is 181 Å². The number of rotatable bonds is 4. The fourth-order valence-corrected chi connectivity index (χ4v) is 5.60. The van der Waals surface area contributed by atoms with Crippen LogP contribution in [-0.2, 0) is 13.1 Å². The van der Waals surface area contributed by atoms with E-state index in [-0.39, 0.29) is 11.3 Å². The summed E-state index contributed by atoms with van der Waals surface area (Å²) in [5.74, 6) is 0.438. The first-order valence-electron chi connectivity index (χ1n) is 10.2. The molecule has 0 spiro atoms. The molecular weight excluding hydrogens is 425 g/mol. The summed E-state index contributed by atoms with van der Waals surface area (Å²) in [6.45, 7) is 3.51. The maximum Gasteiger partial charge on any atom is 0.573 e. The Morgan fingerprint density at radius 2 is 1.84 bits per heavy atom. The molecule has 0 amide bonds. The second-order valence-electron chi connectivity index (χ2n) is 8.23. The van der Waals surface area contributed by atoms with Gasteiger partial charge in [-0.2, -0.15) is 0 Å². The Morgan fingerprint density at radius 1 is 1.03 bits per heavy atom. The zero-order chi connectivity index (χ0) is 21.6. The number of hydrogen-bond acceptors (Lipinski definition) is 4. The maximum atomic E-state index is 13.2. The number of aromatic nitrogens is 1. The number of piperidine rings is 1. The SMILES string of the molecule is O=c1c(-c2ccc(OC(F)(F)F)cc2)ccc2n1C[C@H]1C[C@@H]2CN(Cc2cccs2)C1. The molecule has 5 rings (SSSR count). The number of hydrogen-bond donors (Lipinski definition) is 0. The van der Waals surface area contributed by atoms with Crippen LogP contribution in [0.4, 0.5) is 13.2 Å². The normalized spacial score (nSPS) is 21.0. The van der Waals surface area contributed by atoms with Crippen molar-refractivity contribution < 1.29 is 17.9 Å². The Bertz CT molecular complexity index is 1120. The molecule has 1 fully saturated rings. The first kappa shape index (κ1) is 20.3. The number of pyridine rings is 1. The third-order valence-electron chi connectivity index (χ3n) is 6.04. The zero-order valence-electron chi connectivity index (χ0n) is 16.6. The molecule has 1 saturated heterocycles. The first-order chi connectivity index (χ1) is 14.9. The van der Waals surface area contributed by atoms with Gasteiger partial charge in [0.05, 0.1) is 0 Å². The summed E-state index contributed by atoms with van der Waals surface area (Å²) < 4.78 is 42.9. The minimum Gasteiger partial charge on any atom is -0.406 e. The lowest BCUT2D eigenvalue weighted by Crippen LogP contribution is -2.46. The van der Waals surface area contributed by atoms with E-state index in [1.165, 1.54) is 29.1 Å². The van der Waals surface area contributed by atoms with Gasteiger partial charge in [0.2, 0.25) is 0 Å². The van der Waals surface area contributed by atoms with Crippen molar-refractivity contribution in [2.75, 3.05) is 13.1 Å².